The molecule has 0 saturated heterocycles. The molecule has 1 radical (unpaired) electrons. The molecular formula is C8H13N2. The second-order valence-corrected chi connectivity index (χ2v) is 3.70. The number of rotatable bonds is 1. The lowest BCUT2D eigenvalue weighted by Gasteiger charge is -2.17. The molecule has 0 atom stereocenters. The summed E-state index contributed by atoms with van der Waals surface area (Å²) in [6, 6.07) is 2.90. The Morgan fingerprint density at radius 3 is 2.60 bits per heavy atom. The van der Waals surface area contributed by atoms with Gasteiger partial charge in [-0.2, -0.15) is 5.10 Å². The topological polar surface area (TPSA) is 17.8 Å². The van der Waals surface area contributed by atoms with Crippen LogP contribution in [0.25, 0.3) is 0 Å². The number of hydrogen-bond donors (Lipinski definition) is 0. The summed E-state index contributed by atoms with van der Waals surface area (Å²) in [5, 5.41) is 4.06. The van der Waals surface area contributed by atoms with Crippen LogP contribution in [0.5, 0.6) is 0 Å². The van der Waals surface area contributed by atoms with E-state index in [1.165, 1.54) is 0 Å². The van der Waals surface area contributed by atoms with E-state index in [1.54, 1.807) is 6.20 Å². The van der Waals surface area contributed by atoms with Gasteiger partial charge < -0.3 is 0 Å². The first-order chi connectivity index (χ1) is 4.58. The van der Waals surface area contributed by atoms with Gasteiger partial charge in [-0.3, -0.25) is 4.68 Å². The smallest absolute Gasteiger partial charge is 0.0569 e. The molecule has 1 aromatic rings. The van der Waals surface area contributed by atoms with Crippen LogP contribution in [-0.4, -0.2) is 9.78 Å². The van der Waals surface area contributed by atoms with Gasteiger partial charge in [0.15, 0.2) is 0 Å². The van der Waals surface area contributed by atoms with Crippen molar-refractivity contribution in [3.8, 4) is 0 Å². The van der Waals surface area contributed by atoms with E-state index < -0.39 is 0 Å². The fourth-order valence-corrected chi connectivity index (χ4v) is 0.833. The molecule has 0 N–H and O–H groups in total. The van der Waals surface area contributed by atoms with Crippen molar-refractivity contribution >= 4 is 0 Å². The van der Waals surface area contributed by atoms with E-state index in [9.17, 15) is 0 Å². The standard InChI is InChI=1S/C8H13N2/c1-8(2,3)7-10-6-4-5-9-10/h5-6H,7H2,1-3H3. The summed E-state index contributed by atoms with van der Waals surface area (Å²) in [6.07, 6.45) is 3.55. The van der Waals surface area contributed by atoms with Gasteiger partial charge in [-0.05, 0) is 5.41 Å². The average molecular weight is 137 g/mol. The summed E-state index contributed by atoms with van der Waals surface area (Å²) < 4.78 is 1.90. The minimum Gasteiger partial charge on any atom is -0.272 e. The summed E-state index contributed by atoms with van der Waals surface area (Å²) in [5.41, 5.74) is 0.305. The lowest BCUT2D eigenvalue weighted by atomic mass is 9.97. The third kappa shape index (κ3) is 2.21. The predicted octanol–water partition coefficient (Wildman–Crippen LogP) is 1.73. The first-order valence-electron chi connectivity index (χ1n) is 3.46. The number of hydrogen-bond acceptors (Lipinski definition) is 1. The highest BCUT2D eigenvalue weighted by Crippen LogP contribution is 2.14. The maximum atomic E-state index is 4.06. The van der Waals surface area contributed by atoms with Gasteiger partial charge in [0.25, 0.3) is 0 Å². The van der Waals surface area contributed by atoms with E-state index in [-0.39, 0.29) is 0 Å². The zero-order valence-electron chi connectivity index (χ0n) is 6.76. The van der Waals surface area contributed by atoms with Gasteiger partial charge in [0.2, 0.25) is 0 Å². The van der Waals surface area contributed by atoms with Crippen LogP contribution in [0.1, 0.15) is 20.8 Å². The SMILES string of the molecule is CC(C)(C)Cn1c[c]cn1. The Morgan fingerprint density at radius 2 is 2.20 bits per heavy atom. The quantitative estimate of drug-likeness (QED) is 0.576. The first-order valence-corrected chi connectivity index (χ1v) is 3.46. The molecule has 1 aromatic heterocycles. The van der Waals surface area contributed by atoms with Gasteiger partial charge >= 0.3 is 0 Å². The molecule has 10 heavy (non-hydrogen) atoms. The summed E-state index contributed by atoms with van der Waals surface area (Å²) >= 11 is 0. The third-order valence-electron chi connectivity index (χ3n) is 1.14. The van der Waals surface area contributed by atoms with Crippen LogP contribution in [0.4, 0.5) is 0 Å². The van der Waals surface area contributed by atoms with Crippen molar-refractivity contribution < 1.29 is 0 Å². The second kappa shape index (κ2) is 2.45. The Morgan fingerprint density at radius 1 is 1.50 bits per heavy atom. The maximum absolute atomic E-state index is 4.06. The average Bonchev–Trinajstić information content (AvgIpc) is 2.12. The Hall–Kier alpha value is -0.790. The Balaban J connectivity index is 2.57. The molecule has 0 aliphatic carbocycles. The van der Waals surface area contributed by atoms with Crippen LogP contribution in [-0.2, 0) is 6.54 Å². The second-order valence-electron chi connectivity index (χ2n) is 3.70. The lowest BCUT2D eigenvalue weighted by molar-refractivity contribution is 0.325. The molecule has 0 saturated carbocycles. The molecule has 1 rings (SSSR count). The highest BCUT2D eigenvalue weighted by molar-refractivity contribution is 4.76. The first kappa shape index (κ1) is 7.32. The van der Waals surface area contributed by atoms with Crippen molar-refractivity contribution in [2.24, 2.45) is 5.41 Å². The molecule has 0 aliphatic rings. The van der Waals surface area contributed by atoms with Crippen LogP contribution in [0, 0.1) is 11.5 Å². The molecule has 55 valence electrons. The predicted molar refractivity (Wildman–Crippen MR) is 40.5 cm³/mol. The van der Waals surface area contributed by atoms with Gasteiger partial charge in [-0.15, -0.1) is 0 Å². The minimum atomic E-state index is 0.305. The molecule has 0 fully saturated rings. The Labute approximate surface area is 61.9 Å². The lowest BCUT2D eigenvalue weighted by Crippen LogP contribution is -2.15. The van der Waals surface area contributed by atoms with Crippen molar-refractivity contribution in [1.82, 2.24) is 9.78 Å². The van der Waals surface area contributed by atoms with Crippen molar-refractivity contribution in [2.45, 2.75) is 27.3 Å². The van der Waals surface area contributed by atoms with Crippen molar-refractivity contribution in [2.75, 3.05) is 0 Å². The van der Waals surface area contributed by atoms with Crippen LogP contribution in [0.2, 0.25) is 0 Å². The fraction of sp³-hybridized carbons (Fsp3) is 0.625. The number of nitrogens with zero attached hydrogens (tertiary/aromatic N) is 2. The maximum Gasteiger partial charge on any atom is 0.0569 e. The summed E-state index contributed by atoms with van der Waals surface area (Å²) in [4.78, 5) is 0. The molecular weight excluding hydrogens is 124 g/mol. The van der Waals surface area contributed by atoms with E-state index in [1.807, 2.05) is 10.9 Å². The zero-order valence-corrected chi connectivity index (χ0v) is 6.76. The molecule has 0 aromatic carbocycles. The molecule has 0 amide bonds. The minimum absolute atomic E-state index is 0.305. The van der Waals surface area contributed by atoms with Crippen LogP contribution < -0.4 is 0 Å². The summed E-state index contributed by atoms with van der Waals surface area (Å²) in [5.74, 6) is 0. The molecule has 2 nitrogen and oxygen atoms in total. The molecule has 0 bridgehead atoms. The van der Waals surface area contributed by atoms with Crippen molar-refractivity contribution in [1.29, 1.82) is 0 Å². The normalized spacial score (nSPS) is 11.9. The van der Waals surface area contributed by atoms with E-state index in [2.05, 4.69) is 31.9 Å². The van der Waals surface area contributed by atoms with Gasteiger partial charge in [-0.1, -0.05) is 20.8 Å². The van der Waals surface area contributed by atoms with E-state index in [0.29, 0.717) is 5.41 Å². The molecule has 2 heteroatoms. The highest BCUT2D eigenvalue weighted by atomic mass is 15.3. The molecule has 0 unspecified atom stereocenters. The highest BCUT2D eigenvalue weighted by Gasteiger charge is 2.10. The van der Waals surface area contributed by atoms with Gasteiger partial charge in [0.1, 0.15) is 0 Å². The van der Waals surface area contributed by atoms with Gasteiger partial charge in [0, 0.05) is 18.8 Å². The third-order valence-corrected chi connectivity index (χ3v) is 1.14. The van der Waals surface area contributed by atoms with E-state index >= 15 is 0 Å². The van der Waals surface area contributed by atoms with Crippen LogP contribution >= 0.6 is 0 Å². The van der Waals surface area contributed by atoms with Gasteiger partial charge in [-0.25, -0.2) is 0 Å². The Bertz CT molecular complexity index is 182. The number of aromatic nitrogens is 2. The Kier molecular flexibility index (Phi) is 1.79. The fourth-order valence-electron chi connectivity index (χ4n) is 0.833. The monoisotopic (exact) mass is 137 g/mol. The van der Waals surface area contributed by atoms with Crippen LogP contribution in [0.15, 0.2) is 12.4 Å². The summed E-state index contributed by atoms with van der Waals surface area (Å²) in [7, 11) is 0. The zero-order chi connectivity index (χ0) is 7.61. The van der Waals surface area contributed by atoms with Crippen molar-refractivity contribution in [3.05, 3.63) is 18.5 Å². The van der Waals surface area contributed by atoms with Crippen LogP contribution in [0.3, 0.4) is 0 Å². The van der Waals surface area contributed by atoms with Crippen molar-refractivity contribution in [3.63, 3.8) is 0 Å². The largest absolute Gasteiger partial charge is 0.272 e. The molecule has 0 spiro atoms. The van der Waals surface area contributed by atoms with E-state index in [4.69, 9.17) is 0 Å². The summed E-state index contributed by atoms with van der Waals surface area (Å²) in [6.45, 7) is 7.52. The van der Waals surface area contributed by atoms with Gasteiger partial charge in [0.05, 0.1) is 6.20 Å². The molecule has 1 heterocycles. The molecule has 0 aliphatic heterocycles. The van der Waals surface area contributed by atoms with E-state index in [0.717, 1.165) is 6.54 Å².